The number of hydrogen-bond acceptors (Lipinski definition) is 3. The van der Waals surface area contributed by atoms with Gasteiger partial charge in [0.25, 0.3) is 0 Å². The Balaban J connectivity index is 2.40. The molecular formula is C14H20N2O. The lowest BCUT2D eigenvalue weighted by Gasteiger charge is -2.14. The van der Waals surface area contributed by atoms with E-state index in [1.807, 2.05) is 6.92 Å². The van der Waals surface area contributed by atoms with Gasteiger partial charge in [-0.2, -0.15) is 5.26 Å². The standard InChI is InChI=1S/C14H20N2O/c1-3-4-5-6-7-12(2)17-14-11-16-9-8-13(14)10-15/h8-9,11-12H,3-7H2,1-2H3. The maximum atomic E-state index is 8.92. The van der Waals surface area contributed by atoms with Gasteiger partial charge in [0.05, 0.1) is 17.9 Å². The van der Waals surface area contributed by atoms with Crippen LogP contribution < -0.4 is 4.74 Å². The third-order valence-corrected chi connectivity index (χ3v) is 2.70. The maximum Gasteiger partial charge on any atom is 0.155 e. The topological polar surface area (TPSA) is 45.9 Å². The molecule has 1 rings (SSSR count). The molecule has 1 atom stereocenters. The molecule has 1 aromatic rings. The molecule has 0 aliphatic rings. The second-order valence-electron chi connectivity index (χ2n) is 4.26. The normalized spacial score (nSPS) is 11.8. The predicted molar refractivity (Wildman–Crippen MR) is 67.8 cm³/mol. The zero-order valence-electron chi connectivity index (χ0n) is 10.6. The van der Waals surface area contributed by atoms with Crippen LogP contribution in [0.4, 0.5) is 0 Å². The molecule has 0 fully saturated rings. The lowest BCUT2D eigenvalue weighted by Crippen LogP contribution is -2.12. The Morgan fingerprint density at radius 1 is 1.41 bits per heavy atom. The van der Waals surface area contributed by atoms with Gasteiger partial charge in [-0.25, -0.2) is 0 Å². The van der Waals surface area contributed by atoms with Crippen molar-refractivity contribution in [2.75, 3.05) is 0 Å². The first-order valence-corrected chi connectivity index (χ1v) is 6.28. The van der Waals surface area contributed by atoms with Gasteiger partial charge in [0, 0.05) is 6.20 Å². The van der Waals surface area contributed by atoms with Crippen LogP contribution in [-0.2, 0) is 0 Å². The summed E-state index contributed by atoms with van der Waals surface area (Å²) in [6.07, 6.45) is 9.35. The van der Waals surface area contributed by atoms with E-state index in [-0.39, 0.29) is 6.10 Å². The van der Waals surface area contributed by atoms with E-state index in [2.05, 4.69) is 18.0 Å². The Hall–Kier alpha value is -1.56. The number of pyridine rings is 1. The van der Waals surface area contributed by atoms with Crippen LogP contribution in [-0.4, -0.2) is 11.1 Å². The highest BCUT2D eigenvalue weighted by molar-refractivity contribution is 5.40. The van der Waals surface area contributed by atoms with Gasteiger partial charge in [-0.3, -0.25) is 4.98 Å². The summed E-state index contributed by atoms with van der Waals surface area (Å²) in [5.41, 5.74) is 0.556. The monoisotopic (exact) mass is 232 g/mol. The number of rotatable bonds is 7. The predicted octanol–water partition coefficient (Wildman–Crippen LogP) is 3.69. The molecule has 3 nitrogen and oxygen atoms in total. The average molecular weight is 232 g/mol. The molecule has 17 heavy (non-hydrogen) atoms. The Morgan fingerprint density at radius 3 is 2.94 bits per heavy atom. The van der Waals surface area contributed by atoms with E-state index in [0.29, 0.717) is 11.3 Å². The molecule has 1 aromatic heterocycles. The van der Waals surface area contributed by atoms with Crippen LogP contribution in [0.15, 0.2) is 18.5 Å². The van der Waals surface area contributed by atoms with Gasteiger partial charge in [0.15, 0.2) is 5.75 Å². The van der Waals surface area contributed by atoms with Crippen LogP contribution in [0.1, 0.15) is 51.5 Å². The van der Waals surface area contributed by atoms with Crippen LogP contribution in [0.5, 0.6) is 5.75 Å². The fraction of sp³-hybridized carbons (Fsp3) is 0.571. The van der Waals surface area contributed by atoms with Gasteiger partial charge in [0.1, 0.15) is 6.07 Å². The quantitative estimate of drug-likeness (QED) is 0.673. The molecule has 0 N–H and O–H groups in total. The highest BCUT2D eigenvalue weighted by Crippen LogP contribution is 2.18. The molecule has 0 aliphatic heterocycles. The number of ether oxygens (including phenoxy) is 1. The molecule has 1 unspecified atom stereocenters. The van der Waals surface area contributed by atoms with Gasteiger partial charge < -0.3 is 4.74 Å². The van der Waals surface area contributed by atoms with Crippen LogP contribution in [0.2, 0.25) is 0 Å². The van der Waals surface area contributed by atoms with Gasteiger partial charge >= 0.3 is 0 Å². The Morgan fingerprint density at radius 2 is 2.24 bits per heavy atom. The Bertz CT molecular complexity index is 371. The lowest BCUT2D eigenvalue weighted by molar-refractivity contribution is 0.205. The van der Waals surface area contributed by atoms with Crippen LogP contribution in [0.25, 0.3) is 0 Å². The first-order valence-electron chi connectivity index (χ1n) is 6.28. The molecule has 0 aliphatic carbocycles. The second-order valence-corrected chi connectivity index (χ2v) is 4.26. The fourth-order valence-electron chi connectivity index (χ4n) is 1.70. The minimum absolute atomic E-state index is 0.142. The third kappa shape index (κ3) is 4.86. The molecule has 0 aromatic carbocycles. The smallest absolute Gasteiger partial charge is 0.155 e. The third-order valence-electron chi connectivity index (χ3n) is 2.70. The first-order chi connectivity index (χ1) is 8.27. The van der Waals surface area contributed by atoms with Crippen molar-refractivity contribution in [2.24, 2.45) is 0 Å². The minimum Gasteiger partial charge on any atom is -0.488 e. The van der Waals surface area contributed by atoms with E-state index in [4.69, 9.17) is 10.00 Å². The second kappa shape index (κ2) is 7.67. The van der Waals surface area contributed by atoms with Crippen molar-refractivity contribution in [3.8, 4) is 11.8 Å². The molecule has 0 radical (unpaired) electrons. The van der Waals surface area contributed by atoms with Crippen LogP contribution in [0.3, 0.4) is 0 Å². The van der Waals surface area contributed by atoms with E-state index in [1.165, 1.54) is 25.7 Å². The van der Waals surface area contributed by atoms with Crippen molar-refractivity contribution in [2.45, 2.75) is 52.1 Å². The average Bonchev–Trinajstić information content (AvgIpc) is 2.35. The van der Waals surface area contributed by atoms with E-state index in [1.54, 1.807) is 18.5 Å². The van der Waals surface area contributed by atoms with E-state index in [9.17, 15) is 0 Å². The molecule has 3 heteroatoms. The van der Waals surface area contributed by atoms with Crippen molar-refractivity contribution in [3.05, 3.63) is 24.0 Å². The molecular weight excluding hydrogens is 212 g/mol. The number of hydrogen-bond donors (Lipinski definition) is 0. The lowest BCUT2D eigenvalue weighted by atomic mass is 10.1. The molecule has 0 amide bonds. The summed E-state index contributed by atoms with van der Waals surface area (Å²) in [7, 11) is 0. The summed E-state index contributed by atoms with van der Waals surface area (Å²) < 4.78 is 5.73. The van der Waals surface area contributed by atoms with Gasteiger partial charge in [-0.1, -0.05) is 26.2 Å². The van der Waals surface area contributed by atoms with E-state index < -0.39 is 0 Å². The van der Waals surface area contributed by atoms with E-state index >= 15 is 0 Å². The molecule has 0 bridgehead atoms. The molecule has 0 saturated heterocycles. The van der Waals surface area contributed by atoms with Gasteiger partial charge in [-0.15, -0.1) is 0 Å². The SMILES string of the molecule is CCCCCCC(C)Oc1cnccc1C#N. The summed E-state index contributed by atoms with van der Waals surface area (Å²) >= 11 is 0. The molecule has 0 spiro atoms. The fourth-order valence-corrected chi connectivity index (χ4v) is 1.70. The summed E-state index contributed by atoms with van der Waals surface area (Å²) in [5, 5.41) is 8.92. The summed E-state index contributed by atoms with van der Waals surface area (Å²) in [4.78, 5) is 3.98. The number of nitrogens with zero attached hydrogens (tertiary/aromatic N) is 2. The highest BCUT2D eigenvalue weighted by Gasteiger charge is 2.07. The zero-order valence-corrected chi connectivity index (χ0v) is 10.6. The largest absolute Gasteiger partial charge is 0.488 e. The van der Waals surface area contributed by atoms with Crippen molar-refractivity contribution >= 4 is 0 Å². The van der Waals surface area contributed by atoms with Gasteiger partial charge in [-0.05, 0) is 25.8 Å². The van der Waals surface area contributed by atoms with Crippen LogP contribution in [0, 0.1) is 11.3 Å². The van der Waals surface area contributed by atoms with E-state index in [0.717, 1.165) is 6.42 Å². The zero-order chi connectivity index (χ0) is 12.5. The van der Waals surface area contributed by atoms with Crippen molar-refractivity contribution < 1.29 is 4.74 Å². The minimum atomic E-state index is 0.142. The maximum absolute atomic E-state index is 8.92. The summed E-state index contributed by atoms with van der Waals surface area (Å²) in [6.45, 7) is 4.24. The summed E-state index contributed by atoms with van der Waals surface area (Å²) in [6, 6.07) is 3.79. The van der Waals surface area contributed by atoms with Crippen LogP contribution >= 0.6 is 0 Å². The highest BCUT2D eigenvalue weighted by atomic mass is 16.5. The Labute approximate surface area is 103 Å². The molecule has 0 saturated carbocycles. The summed E-state index contributed by atoms with van der Waals surface area (Å²) in [5.74, 6) is 0.595. The van der Waals surface area contributed by atoms with Crippen molar-refractivity contribution in [3.63, 3.8) is 0 Å². The van der Waals surface area contributed by atoms with Gasteiger partial charge in [0.2, 0.25) is 0 Å². The van der Waals surface area contributed by atoms with Crippen molar-refractivity contribution in [1.29, 1.82) is 5.26 Å². The number of aromatic nitrogens is 1. The Kier molecular flexibility index (Phi) is 6.09. The molecule has 92 valence electrons. The number of nitriles is 1. The first kappa shape index (κ1) is 13.5. The number of unbranched alkanes of at least 4 members (excludes halogenated alkanes) is 3. The molecule has 1 heterocycles. The van der Waals surface area contributed by atoms with Crippen molar-refractivity contribution in [1.82, 2.24) is 4.98 Å².